The van der Waals surface area contributed by atoms with Gasteiger partial charge in [-0.3, -0.25) is 4.79 Å². The molecule has 0 radical (unpaired) electrons. The summed E-state index contributed by atoms with van der Waals surface area (Å²) in [6.45, 7) is 1.53. The van der Waals surface area contributed by atoms with E-state index in [1.807, 2.05) is 0 Å². The summed E-state index contributed by atoms with van der Waals surface area (Å²) in [6, 6.07) is 10.1. The predicted molar refractivity (Wildman–Crippen MR) is 110 cm³/mol. The highest BCUT2D eigenvalue weighted by Gasteiger charge is 2.36. The van der Waals surface area contributed by atoms with E-state index in [9.17, 15) is 22.4 Å². The number of benzene rings is 2. The van der Waals surface area contributed by atoms with Crippen molar-refractivity contribution in [1.82, 2.24) is 0 Å². The molecule has 0 bridgehead atoms. The fraction of sp³-hybridized carbons (Fsp3) is 0.300. The Bertz CT molecular complexity index is 930. The van der Waals surface area contributed by atoms with E-state index in [1.165, 1.54) is 54.7 Å². The van der Waals surface area contributed by atoms with Crippen molar-refractivity contribution >= 4 is 35.1 Å². The van der Waals surface area contributed by atoms with E-state index in [0.717, 1.165) is 12.1 Å². The summed E-state index contributed by atoms with van der Waals surface area (Å²) in [5.74, 6) is -0.688. The topological polar surface area (TPSA) is 62.1 Å². The Labute approximate surface area is 180 Å². The summed E-state index contributed by atoms with van der Waals surface area (Å²) in [5.41, 5.74) is -3.13. The van der Waals surface area contributed by atoms with Gasteiger partial charge in [0.15, 0.2) is 5.60 Å². The van der Waals surface area contributed by atoms with Gasteiger partial charge in [-0.25, -0.2) is 4.39 Å². The maximum Gasteiger partial charge on any atom is 0.417 e. The van der Waals surface area contributed by atoms with Crippen molar-refractivity contribution in [2.24, 2.45) is 0 Å². The minimum absolute atomic E-state index is 0.0999. The summed E-state index contributed by atoms with van der Waals surface area (Å²) >= 11 is 2.59. The molecule has 0 saturated heterocycles. The highest BCUT2D eigenvalue weighted by Crippen LogP contribution is 2.34. The molecule has 30 heavy (non-hydrogen) atoms. The van der Waals surface area contributed by atoms with Crippen molar-refractivity contribution < 1.29 is 27.1 Å². The van der Waals surface area contributed by atoms with Gasteiger partial charge in [0.1, 0.15) is 5.82 Å². The van der Waals surface area contributed by atoms with Crippen LogP contribution in [0.1, 0.15) is 18.1 Å². The van der Waals surface area contributed by atoms with Gasteiger partial charge >= 0.3 is 6.18 Å². The maximum absolute atomic E-state index is 13.2. The van der Waals surface area contributed by atoms with Crippen LogP contribution in [0.2, 0.25) is 0 Å². The van der Waals surface area contributed by atoms with E-state index in [1.54, 1.807) is 18.4 Å². The first-order chi connectivity index (χ1) is 14.1. The number of halogens is 4. The van der Waals surface area contributed by atoms with Gasteiger partial charge in [0.25, 0.3) is 5.91 Å². The first-order valence-corrected chi connectivity index (χ1v) is 10.9. The molecule has 0 fully saturated rings. The maximum atomic E-state index is 13.2. The van der Waals surface area contributed by atoms with Gasteiger partial charge in [-0.05, 0) is 55.6 Å². The number of anilines is 1. The summed E-state index contributed by atoms with van der Waals surface area (Å²) in [4.78, 5) is 13.6. The van der Waals surface area contributed by atoms with Gasteiger partial charge in [-0.15, -0.1) is 23.5 Å². The number of hydrogen-bond acceptors (Lipinski definition) is 5. The van der Waals surface area contributed by atoms with Crippen LogP contribution in [0.25, 0.3) is 0 Å². The Balaban J connectivity index is 2.22. The van der Waals surface area contributed by atoms with Gasteiger partial charge in [-0.2, -0.15) is 18.4 Å². The van der Waals surface area contributed by atoms with Crippen molar-refractivity contribution in [3.05, 3.63) is 59.4 Å². The molecule has 0 saturated carbocycles. The van der Waals surface area contributed by atoms with Crippen molar-refractivity contribution in [3.63, 3.8) is 0 Å². The average molecular weight is 459 g/mol. The third kappa shape index (κ3) is 6.39. The molecule has 4 nitrogen and oxygen atoms in total. The number of rotatable bonds is 8. The smallest absolute Gasteiger partial charge is 0.354 e. The molecule has 0 aromatic heterocycles. The second-order valence-corrected chi connectivity index (χ2v) is 8.21. The Morgan fingerprint density at radius 2 is 1.87 bits per heavy atom. The largest absolute Gasteiger partial charge is 0.417 e. The number of alkyl halides is 3. The summed E-state index contributed by atoms with van der Waals surface area (Å²) in [7, 11) is 0. The Morgan fingerprint density at radius 3 is 2.43 bits per heavy atom. The highest BCUT2D eigenvalue weighted by molar-refractivity contribution is 7.99. The van der Waals surface area contributed by atoms with Crippen LogP contribution >= 0.6 is 23.5 Å². The lowest BCUT2D eigenvalue weighted by Gasteiger charge is -2.28. The number of hydrogen-bond donors (Lipinski definition) is 1. The van der Waals surface area contributed by atoms with Crippen LogP contribution in [0.3, 0.4) is 0 Å². The molecule has 1 amide bonds. The Kier molecular flexibility index (Phi) is 8.18. The van der Waals surface area contributed by atoms with Gasteiger partial charge in [0, 0.05) is 16.3 Å². The predicted octanol–water partition coefficient (Wildman–Crippen LogP) is 5.54. The number of carbonyl (C=O) groups is 1. The zero-order chi connectivity index (χ0) is 22.4. The minimum atomic E-state index is -4.73. The van der Waals surface area contributed by atoms with Gasteiger partial charge in [0.05, 0.1) is 23.1 Å². The lowest BCUT2D eigenvalue weighted by Crippen LogP contribution is -2.45. The molecule has 2 aromatic carbocycles. The van der Waals surface area contributed by atoms with Crippen molar-refractivity contribution in [3.8, 4) is 6.07 Å². The number of nitriles is 1. The molecule has 1 N–H and O–H groups in total. The molecule has 2 aromatic rings. The molecule has 160 valence electrons. The highest BCUT2D eigenvalue weighted by atomic mass is 32.2. The number of amides is 1. The second kappa shape index (κ2) is 10.2. The fourth-order valence-corrected chi connectivity index (χ4v) is 3.69. The van der Waals surface area contributed by atoms with Gasteiger partial charge in [0.2, 0.25) is 0 Å². The Morgan fingerprint density at radius 1 is 1.20 bits per heavy atom. The molecule has 1 atom stereocenters. The molecule has 0 aliphatic carbocycles. The van der Waals surface area contributed by atoms with Crippen LogP contribution in [0.5, 0.6) is 0 Å². The number of nitrogens with zero attached hydrogens (tertiary/aromatic N) is 1. The van der Waals surface area contributed by atoms with Gasteiger partial charge < -0.3 is 10.1 Å². The number of thioether (sulfide) groups is 2. The van der Waals surface area contributed by atoms with Crippen LogP contribution in [-0.4, -0.2) is 29.5 Å². The van der Waals surface area contributed by atoms with E-state index >= 15 is 0 Å². The second-order valence-electron chi connectivity index (χ2n) is 6.35. The molecule has 0 unspecified atom stereocenters. The third-order valence-electron chi connectivity index (χ3n) is 4.01. The molecule has 0 heterocycles. The Hall–Kier alpha value is -2.22. The molecule has 2 rings (SSSR count). The molecule has 0 aliphatic rings. The summed E-state index contributed by atoms with van der Waals surface area (Å²) in [5, 5.41) is 11.3. The third-order valence-corrected chi connectivity index (χ3v) is 5.66. The average Bonchev–Trinajstić information content (AvgIpc) is 2.71. The zero-order valence-corrected chi connectivity index (χ0v) is 17.7. The first kappa shape index (κ1) is 24.1. The monoisotopic (exact) mass is 458 g/mol. The fourth-order valence-electron chi connectivity index (χ4n) is 2.33. The summed E-state index contributed by atoms with van der Waals surface area (Å²) < 4.78 is 58.3. The SMILES string of the molecule is CSCO[C@@](C)(CSc1ccc(F)cc1)C(=O)Nc1ccc(C#N)c(C(F)(F)F)c1. The van der Waals surface area contributed by atoms with E-state index in [2.05, 4.69) is 5.32 Å². The quantitative estimate of drug-likeness (QED) is 0.320. The normalized spacial score (nSPS) is 13.4. The van der Waals surface area contributed by atoms with Crippen LogP contribution in [0, 0.1) is 17.1 Å². The lowest BCUT2D eigenvalue weighted by atomic mass is 10.1. The molecular formula is C20H18F4N2O2S2. The number of nitrogens with one attached hydrogen (secondary N) is 1. The number of carbonyl (C=O) groups excluding carboxylic acids is 1. The zero-order valence-electron chi connectivity index (χ0n) is 16.0. The first-order valence-electron chi connectivity index (χ1n) is 8.53. The van der Waals surface area contributed by atoms with Crippen molar-refractivity contribution in [2.45, 2.75) is 23.6 Å². The van der Waals surface area contributed by atoms with Crippen LogP contribution < -0.4 is 5.32 Å². The minimum Gasteiger partial charge on any atom is -0.354 e. The molecule has 0 spiro atoms. The van der Waals surface area contributed by atoms with Crippen LogP contribution in [0.15, 0.2) is 47.4 Å². The van der Waals surface area contributed by atoms with Crippen molar-refractivity contribution in [1.29, 1.82) is 5.26 Å². The lowest BCUT2D eigenvalue weighted by molar-refractivity contribution is -0.138. The van der Waals surface area contributed by atoms with E-state index in [0.29, 0.717) is 4.90 Å². The van der Waals surface area contributed by atoms with Crippen LogP contribution in [0.4, 0.5) is 23.2 Å². The molecule has 0 aliphatic heterocycles. The van der Waals surface area contributed by atoms with E-state index in [-0.39, 0.29) is 23.2 Å². The van der Waals surface area contributed by atoms with Gasteiger partial charge in [-0.1, -0.05) is 0 Å². The standard InChI is InChI=1S/C20H18F4N2O2S2/c1-19(28-12-29-2,11-30-16-7-4-14(21)5-8-16)18(27)26-15-6-3-13(10-25)17(9-15)20(22,23)24/h3-9H,11-12H2,1-2H3,(H,26,27)/t19-/m0/s1. The van der Waals surface area contributed by atoms with E-state index in [4.69, 9.17) is 10.00 Å². The summed E-state index contributed by atoms with van der Waals surface area (Å²) in [6.07, 6.45) is -2.95. The van der Waals surface area contributed by atoms with Crippen molar-refractivity contribution in [2.75, 3.05) is 23.3 Å². The number of ether oxygens (including phenoxy) is 1. The molecular weight excluding hydrogens is 440 g/mol. The molecule has 10 heteroatoms. The van der Waals surface area contributed by atoms with E-state index < -0.39 is 28.8 Å². The van der Waals surface area contributed by atoms with Crippen LogP contribution in [-0.2, 0) is 15.7 Å².